The third-order valence-electron chi connectivity index (χ3n) is 3.54. The van der Waals surface area contributed by atoms with Gasteiger partial charge in [0.25, 0.3) is 0 Å². The van der Waals surface area contributed by atoms with Crippen molar-refractivity contribution in [3.05, 3.63) is 34.0 Å². The number of allylic oxidation sites excluding steroid dienone is 2. The van der Waals surface area contributed by atoms with Crippen LogP contribution in [0.25, 0.3) is 10.2 Å². The van der Waals surface area contributed by atoms with Crippen molar-refractivity contribution in [2.75, 3.05) is 0 Å². The maximum atomic E-state index is 12.1. The molecule has 0 spiro atoms. The summed E-state index contributed by atoms with van der Waals surface area (Å²) in [5.41, 5.74) is 0.982. The first kappa shape index (κ1) is 15.4. The Kier molecular flexibility index (Phi) is 3.91. The average Bonchev–Trinajstić information content (AvgIpc) is 2.78. The second-order valence-electron chi connectivity index (χ2n) is 6.17. The molecule has 1 aliphatic carbocycles. The molecule has 0 amide bonds. The van der Waals surface area contributed by atoms with Crippen LogP contribution in [0.15, 0.2) is 39.0 Å². The number of thiazole rings is 1. The van der Waals surface area contributed by atoms with Crippen LogP contribution in [0.5, 0.6) is 0 Å². The number of aliphatic hydroxyl groups excluding tert-OH is 1. The lowest BCUT2D eigenvalue weighted by atomic mass is 9.77. The van der Waals surface area contributed by atoms with Crippen LogP contribution >= 0.6 is 27.3 Å². The van der Waals surface area contributed by atoms with Crippen molar-refractivity contribution in [2.24, 2.45) is 10.4 Å². The number of halogens is 1. The summed E-state index contributed by atoms with van der Waals surface area (Å²) >= 11 is 4.87. The number of aliphatic hydroxyl groups is 1. The van der Waals surface area contributed by atoms with E-state index >= 15 is 0 Å². The van der Waals surface area contributed by atoms with E-state index in [1.54, 1.807) is 0 Å². The Morgan fingerprint density at radius 3 is 2.91 bits per heavy atom. The molecule has 1 aliphatic rings. The van der Waals surface area contributed by atoms with Gasteiger partial charge in [0.1, 0.15) is 5.76 Å². The van der Waals surface area contributed by atoms with E-state index in [0.717, 1.165) is 14.7 Å². The van der Waals surface area contributed by atoms with E-state index in [2.05, 4.69) is 25.9 Å². The summed E-state index contributed by atoms with van der Waals surface area (Å²) < 4.78 is 2.01. The SMILES string of the molecule is CC1(C)CC(=O)C(C=Nc2nc3ccc(Br)cc3s2)=C(O)C1. The minimum Gasteiger partial charge on any atom is -0.511 e. The van der Waals surface area contributed by atoms with Crippen LogP contribution in [-0.4, -0.2) is 22.1 Å². The maximum absolute atomic E-state index is 12.1. The second kappa shape index (κ2) is 5.59. The maximum Gasteiger partial charge on any atom is 0.210 e. The predicted octanol–water partition coefficient (Wildman–Crippen LogP) is 4.96. The highest BCUT2D eigenvalue weighted by Gasteiger charge is 2.32. The van der Waals surface area contributed by atoms with Gasteiger partial charge in [0.15, 0.2) is 5.78 Å². The monoisotopic (exact) mass is 378 g/mol. The fourth-order valence-corrected chi connectivity index (χ4v) is 3.87. The number of carbonyl (C=O) groups excluding carboxylic acids is 1. The number of aromatic nitrogens is 1. The molecule has 3 rings (SSSR count). The third kappa shape index (κ3) is 3.13. The largest absolute Gasteiger partial charge is 0.511 e. The number of rotatable bonds is 2. The number of nitrogens with zero attached hydrogens (tertiary/aromatic N) is 2. The quantitative estimate of drug-likeness (QED) is 0.750. The van der Waals surface area contributed by atoms with Crippen molar-refractivity contribution in [1.82, 2.24) is 4.98 Å². The van der Waals surface area contributed by atoms with Crippen LogP contribution in [0, 0.1) is 5.41 Å². The smallest absolute Gasteiger partial charge is 0.210 e. The first-order valence-electron chi connectivity index (χ1n) is 6.89. The summed E-state index contributed by atoms with van der Waals surface area (Å²) in [6.07, 6.45) is 2.36. The zero-order valence-corrected chi connectivity index (χ0v) is 14.7. The number of hydrogen-bond acceptors (Lipinski definition) is 5. The van der Waals surface area contributed by atoms with E-state index in [1.165, 1.54) is 17.6 Å². The number of carbonyl (C=O) groups is 1. The van der Waals surface area contributed by atoms with Crippen LogP contribution in [0.1, 0.15) is 26.7 Å². The second-order valence-corrected chi connectivity index (χ2v) is 8.09. The molecule has 1 aromatic heterocycles. The van der Waals surface area contributed by atoms with E-state index in [4.69, 9.17) is 0 Å². The molecule has 0 radical (unpaired) electrons. The van der Waals surface area contributed by atoms with Gasteiger partial charge in [0.2, 0.25) is 5.13 Å². The number of benzene rings is 1. The first-order chi connectivity index (χ1) is 10.3. The molecule has 0 unspecified atom stereocenters. The van der Waals surface area contributed by atoms with Crippen LogP contribution in [-0.2, 0) is 4.79 Å². The molecule has 1 aromatic carbocycles. The van der Waals surface area contributed by atoms with Gasteiger partial charge in [-0.05, 0) is 23.6 Å². The Morgan fingerprint density at radius 1 is 1.41 bits per heavy atom. The average molecular weight is 379 g/mol. The highest BCUT2D eigenvalue weighted by atomic mass is 79.9. The molecule has 2 aromatic rings. The van der Waals surface area contributed by atoms with Crippen molar-refractivity contribution in [3.8, 4) is 0 Å². The zero-order valence-electron chi connectivity index (χ0n) is 12.3. The molecule has 1 N–H and O–H groups in total. The normalized spacial score (nSPS) is 18.6. The Hall–Kier alpha value is -1.53. The Morgan fingerprint density at radius 2 is 2.18 bits per heavy atom. The van der Waals surface area contributed by atoms with Gasteiger partial charge >= 0.3 is 0 Å². The van der Waals surface area contributed by atoms with E-state index in [9.17, 15) is 9.90 Å². The van der Waals surface area contributed by atoms with Gasteiger partial charge in [-0.2, -0.15) is 0 Å². The molecule has 0 saturated carbocycles. The van der Waals surface area contributed by atoms with E-state index in [1.807, 2.05) is 32.0 Å². The number of fused-ring (bicyclic) bond motifs is 1. The number of hydrogen-bond donors (Lipinski definition) is 1. The first-order valence-corrected chi connectivity index (χ1v) is 8.50. The van der Waals surface area contributed by atoms with Gasteiger partial charge in [-0.3, -0.25) is 4.79 Å². The predicted molar refractivity (Wildman–Crippen MR) is 93.1 cm³/mol. The van der Waals surface area contributed by atoms with E-state index in [-0.39, 0.29) is 17.0 Å². The molecule has 6 heteroatoms. The topological polar surface area (TPSA) is 62.5 Å². The molecular weight excluding hydrogens is 364 g/mol. The van der Waals surface area contributed by atoms with Gasteiger partial charge in [-0.1, -0.05) is 41.1 Å². The lowest BCUT2D eigenvalue weighted by molar-refractivity contribution is -0.117. The van der Waals surface area contributed by atoms with Gasteiger partial charge in [-0.15, -0.1) is 0 Å². The Labute approximate surface area is 140 Å². The fraction of sp³-hybridized carbons (Fsp3) is 0.312. The number of Topliss-reactive ketones (excluding diaryl/α,β-unsaturated/α-hetero) is 1. The summed E-state index contributed by atoms with van der Waals surface area (Å²) in [7, 11) is 0. The molecule has 0 fully saturated rings. The molecule has 0 aliphatic heterocycles. The summed E-state index contributed by atoms with van der Waals surface area (Å²) in [5, 5.41) is 10.6. The van der Waals surface area contributed by atoms with Gasteiger partial charge in [-0.25, -0.2) is 9.98 Å². The van der Waals surface area contributed by atoms with Crippen molar-refractivity contribution < 1.29 is 9.90 Å². The Bertz CT molecular complexity index is 821. The minimum atomic E-state index is -0.194. The van der Waals surface area contributed by atoms with Crippen molar-refractivity contribution in [3.63, 3.8) is 0 Å². The lowest BCUT2D eigenvalue weighted by Gasteiger charge is -2.28. The molecule has 0 bridgehead atoms. The van der Waals surface area contributed by atoms with Crippen LogP contribution in [0.3, 0.4) is 0 Å². The fourth-order valence-electron chi connectivity index (χ4n) is 2.51. The van der Waals surface area contributed by atoms with Crippen LogP contribution in [0.4, 0.5) is 5.13 Å². The molecular formula is C16H15BrN2O2S. The highest BCUT2D eigenvalue weighted by molar-refractivity contribution is 9.10. The summed E-state index contributed by atoms with van der Waals surface area (Å²) in [5.74, 6) is 0.0511. The molecule has 22 heavy (non-hydrogen) atoms. The minimum absolute atomic E-state index is 0.0682. The summed E-state index contributed by atoms with van der Waals surface area (Å²) in [4.78, 5) is 20.8. The van der Waals surface area contributed by atoms with Crippen molar-refractivity contribution >= 4 is 54.6 Å². The van der Waals surface area contributed by atoms with Gasteiger partial charge in [0, 0.05) is 23.5 Å². The summed E-state index contributed by atoms with van der Waals surface area (Å²) in [6, 6.07) is 5.83. The van der Waals surface area contributed by atoms with Gasteiger partial charge in [0.05, 0.1) is 15.8 Å². The van der Waals surface area contributed by atoms with Crippen molar-refractivity contribution in [2.45, 2.75) is 26.7 Å². The molecule has 0 saturated heterocycles. The lowest BCUT2D eigenvalue weighted by Crippen LogP contribution is -2.26. The van der Waals surface area contributed by atoms with Crippen molar-refractivity contribution in [1.29, 1.82) is 0 Å². The molecule has 1 heterocycles. The molecule has 0 atom stereocenters. The Balaban J connectivity index is 1.90. The standard InChI is InChI=1S/C16H15BrN2O2S/c1-16(2)6-12(20)10(13(21)7-16)8-18-15-19-11-4-3-9(17)5-14(11)22-15/h3-5,8,20H,6-7H2,1-2H3. The van der Waals surface area contributed by atoms with Crippen LogP contribution < -0.4 is 0 Å². The highest BCUT2D eigenvalue weighted by Crippen LogP contribution is 2.35. The molecule has 114 valence electrons. The summed E-state index contributed by atoms with van der Waals surface area (Å²) in [6.45, 7) is 3.95. The number of aliphatic imine (C=N–C) groups is 1. The number of ketones is 1. The van der Waals surface area contributed by atoms with E-state index < -0.39 is 0 Å². The zero-order chi connectivity index (χ0) is 15.9. The third-order valence-corrected chi connectivity index (χ3v) is 4.96. The van der Waals surface area contributed by atoms with Gasteiger partial charge < -0.3 is 5.11 Å². The molecule has 4 nitrogen and oxygen atoms in total. The van der Waals surface area contributed by atoms with E-state index in [0.29, 0.717) is 23.5 Å². The van der Waals surface area contributed by atoms with Crippen LogP contribution in [0.2, 0.25) is 0 Å².